The SMILES string of the molecule is CC/C=N/OCCCN. The van der Waals surface area contributed by atoms with Crippen molar-refractivity contribution in [1.82, 2.24) is 0 Å². The summed E-state index contributed by atoms with van der Waals surface area (Å²) in [6.07, 6.45) is 3.53. The Kier molecular flexibility index (Phi) is 6.96. The lowest BCUT2D eigenvalue weighted by Crippen LogP contribution is -2.01. The molecule has 0 saturated heterocycles. The maximum Gasteiger partial charge on any atom is 0.118 e. The van der Waals surface area contributed by atoms with Crippen LogP contribution in [0.4, 0.5) is 0 Å². The predicted molar refractivity (Wildman–Crippen MR) is 38.4 cm³/mol. The predicted octanol–water partition coefficient (Wildman–Crippen LogP) is 0.748. The van der Waals surface area contributed by atoms with E-state index in [2.05, 4.69) is 5.16 Å². The Balaban J connectivity index is 2.82. The molecule has 0 heterocycles. The van der Waals surface area contributed by atoms with Crippen molar-refractivity contribution in [3.05, 3.63) is 0 Å². The minimum Gasteiger partial charge on any atom is -0.396 e. The minimum absolute atomic E-state index is 0.632. The zero-order chi connectivity index (χ0) is 6.95. The van der Waals surface area contributed by atoms with Crippen LogP contribution in [0.25, 0.3) is 0 Å². The summed E-state index contributed by atoms with van der Waals surface area (Å²) in [4.78, 5) is 4.80. The van der Waals surface area contributed by atoms with Crippen molar-refractivity contribution in [1.29, 1.82) is 0 Å². The molecule has 0 rings (SSSR count). The quantitative estimate of drug-likeness (QED) is 0.339. The molecular formula is C6H14N2O. The average molecular weight is 130 g/mol. The van der Waals surface area contributed by atoms with E-state index < -0.39 is 0 Å². The molecule has 54 valence electrons. The van der Waals surface area contributed by atoms with Crippen molar-refractivity contribution in [2.75, 3.05) is 13.2 Å². The first-order valence-corrected chi connectivity index (χ1v) is 3.25. The summed E-state index contributed by atoms with van der Waals surface area (Å²) < 4.78 is 0. The summed E-state index contributed by atoms with van der Waals surface area (Å²) >= 11 is 0. The first kappa shape index (κ1) is 8.43. The molecule has 0 radical (unpaired) electrons. The van der Waals surface area contributed by atoms with Crippen molar-refractivity contribution >= 4 is 6.21 Å². The van der Waals surface area contributed by atoms with E-state index in [0.29, 0.717) is 13.2 Å². The van der Waals surface area contributed by atoms with Crippen molar-refractivity contribution < 1.29 is 4.84 Å². The Morgan fingerprint density at radius 1 is 1.67 bits per heavy atom. The van der Waals surface area contributed by atoms with Gasteiger partial charge in [0.05, 0.1) is 0 Å². The smallest absolute Gasteiger partial charge is 0.118 e. The Bertz CT molecular complexity index is 73.5. The fraction of sp³-hybridized carbons (Fsp3) is 0.833. The number of nitrogens with zero attached hydrogens (tertiary/aromatic N) is 1. The van der Waals surface area contributed by atoms with E-state index in [1.165, 1.54) is 0 Å². The fourth-order valence-corrected chi connectivity index (χ4v) is 0.328. The van der Waals surface area contributed by atoms with Gasteiger partial charge < -0.3 is 10.6 Å². The number of hydrogen-bond donors (Lipinski definition) is 1. The average Bonchev–Trinajstić information content (AvgIpc) is 1.89. The first-order valence-electron chi connectivity index (χ1n) is 3.25. The third-order valence-corrected chi connectivity index (χ3v) is 0.771. The molecule has 0 aromatic carbocycles. The first-order chi connectivity index (χ1) is 4.41. The number of hydrogen-bond acceptors (Lipinski definition) is 3. The summed E-state index contributed by atoms with van der Waals surface area (Å²) in [5.74, 6) is 0. The summed E-state index contributed by atoms with van der Waals surface area (Å²) in [5, 5.41) is 3.65. The molecule has 3 heteroatoms. The van der Waals surface area contributed by atoms with Gasteiger partial charge in [0, 0.05) is 6.21 Å². The van der Waals surface area contributed by atoms with Gasteiger partial charge in [0.25, 0.3) is 0 Å². The highest BCUT2D eigenvalue weighted by molar-refractivity contribution is 5.55. The monoisotopic (exact) mass is 130 g/mol. The van der Waals surface area contributed by atoms with Crippen LogP contribution < -0.4 is 5.73 Å². The molecule has 0 unspecified atom stereocenters. The molecule has 0 aromatic rings. The summed E-state index contributed by atoms with van der Waals surface area (Å²) in [7, 11) is 0. The van der Waals surface area contributed by atoms with Gasteiger partial charge in [0.1, 0.15) is 6.61 Å². The molecule has 0 aromatic heterocycles. The van der Waals surface area contributed by atoms with Crippen LogP contribution in [-0.2, 0) is 4.84 Å². The summed E-state index contributed by atoms with van der Waals surface area (Å²) in [5.41, 5.74) is 5.21. The van der Waals surface area contributed by atoms with Crippen LogP contribution in [0.5, 0.6) is 0 Å². The van der Waals surface area contributed by atoms with Gasteiger partial charge in [-0.1, -0.05) is 12.1 Å². The van der Waals surface area contributed by atoms with Crippen LogP contribution in [0.1, 0.15) is 19.8 Å². The van der Waals surface area contributed by atoms with Crippen LogP contribution in [0.3, 0.4) is 0 Å². The zero-order valence-electron chi connectivity index (χ0n) is 5.84. The van der Waals surface area contributed by atoms with E-state index in [4.69, 9.17) is 10.6 Å². The molecule has 9 heavy (non-hydrogen) atoms. The van der Waals surface area contributed by atoms with E-state index >= 15 is 0 Å². The van der Waals surface area contributed by atoms with Crippen molar-refractivity contribution in [3.63, 3.8) is 0 Å². The van der Waals surface area contributed by atoms with Gasteiger partial charge in [-0.2, -0.15) is 0 Å². The van der Waals surface area contributed by atoms with E-state index in [0.717, 1.165) is 12.8 Å². The van der Waals surface area contributed by atoms with E-state index in [1.807, 2.05) is 6.92 Å². The second kappa shape index (κ2) is 7.43. The zero-order valence-corrected chi connectivity index (χ0v) is 5.84. The van der Waals surface area contributed by atoms with Crippen LogP contribution in [-0.4, -0.2) is 19.4 Å². The molecule has 0 bridgehead atoms. The topological polar surface area (TPSA) is 47.6 Å². The molecule has 2 N–H and O–H groups in total. The molecule has 0 aliphatic carbocycles. The molecule has 0 amide bonds. The van der Waals surface area contributed by atoms with Gasteiger partial charge in [0.2, 0.25) is 0 Å². The standard InChI is InChI=1S/C6H14N2O/c1-2-5-8-9-6-3-4-7/h5H,2-4,6-7H2,1H3/b8-5+. The Hall–Kier alpha value is -0.570. The van der Waals surface area contributed by atoms with Crippen LogP contribution in [0.15, 0.2) is 5.16 Å². The van der Waals surface area contributed by atoms with E-state index in [-0.39, 0.29) is 0 Å². The molecule has 0 atom stereocenters. The Morgan fingerprint density at radius 2 is 2.44 bits per heavy atom. The van der Waals surface area contributed by atoms with Crippen LogP contribution >= 0.6 is 0 Å². The largest absolute Gasteiger partial charge is 0.396 e. The Labute approximate surface area is 55.9 Å². The maximum absolute atomic E-state index is 5.21. The molecule has 0 aliphatic heterocycles. The highest BCUT2D eigenvalue weighted by atomic mass is 16.6. The maximum atomic E-state index is 5.21. The third-order valence-electron chi connectivity index (χ3n) is 0.771. The van der Waals surface area contributed by atoms with Gasteiger partial charge in [0.15, 0.2) is 0 Å². The van der Waals surface area contributed by atoms with E-state index in [1.54, 1.807) is 6.21 Å². The molecule has 0 aliphatic rings. The van der Waals surface area contributed by atoms with Crippen molar-refractivity contribution in [2.45, 2.75) is 19.8 Å². The lowest BCUT2D eigenvalue weighted by molar-refractivity contribution is 0.144. The van der Waals surface area contributed by atoms with Gasteiger partial charge in [-0.15, -0.1) is 0 Å². The lowest BCUT2D eigenvalue weighted by atomic mass is 10.5. The normalized spacial score (nSPS) is 10.4. The van der Waals surface area contributed by atoms with Crippen LogP contribution in [0.2, 0.25) is 0 Å². The fourth-order valence-electron chi connectivity index (χ4n) is 0.328. The van der Waals surface area contributed by atoms with Crippen molar-refractivity contribution in [2.24, 2.45) is 10.9 Å². The molecule has 0 spiro atoms. The molecule has 0 saturated carbocycles. The summed E-state index contributed by atoms with van der Waals surface area (Å²) in [6.45, 7) is 3.31. The highest BCUT2D eigenvalue weighted by Gasteiger charge is 1.79. The number of rotatable bonds is 5. The van der Waals surface area contributed by atoms with Gasteiger partial charge in [-0.05, 0) is 19.4 Å². The second-order valence-corrected chi connectivity index (χ2v) is 1.67. The molecule has 3 nitrogen and oxygen atoms in total. The van der Waals surface area contributed by atoms with Gasteiger partial charge >= 0.3 is 0 Å². The van der Waals surface area contributed by atoms with Crippen LogP contribution in [0, 0.1) is 0 Å². The van der Waals surface area contributed by atoms with Crippen molar-refractivity contribution in [3.8, 4) is 0 Å². The minimum atomic E-state index is 0.632. The van der Waals surface area contributed by atoms with Gasteiger partial charge in [-0.25, -0.2) is 0 Å². The number of oxime groups is 1. The van der Waals surface area contributed by atoms with E-state index in [9.17, 15) is 0 Å². The summed E-state index contributed by atoms with van der Waals surface area (Å²) in [6, 6.07) is 0. The van der Waals surface area contributed by atoms with Gasteiger partial charge in [-0.3, -0.25) is 0 Å². The Morgan fingerprint density at radius 3 is 3.00 bits per heavy atom. The number of nitrogens with two attached hydrogens (primary N) is 1. The molecule has 0 fully saturated rings. The second-order valence-electron chi connectivity index (χ2n) is 1.67. The highest BCUT2D eigenvalue weighted by Crippen LogP contribution is 1.79. The molecular weight excluding hydrogens is 116 g/mol. The third kappa shape index (κ3) is 7.43. The lowest BCUT2D eigenvalue weighted by Gasteiger charge is -1.93.